The summed E-state index contributed by atoms with van der Waals surface area (Å²) in [4.78, 5) is 0. The Hall–Kier alpha value is -1.34. The van der Waals surface area contributed by atoms with Crippen molar-refractivity contribution in [3.63, 3.8) is 0 Å². The SMILES string of the molecule is CCCS(=O)(=O)C1CC(c2ccccc2)CCC1C#N. The molecule has 0 radical (unpaired) electrons. The summed E-state index contributed by atoms with van der Waals surface area (Å²) in [6, 6.07) is 12.3. The van der Waals surface area contributed by atoms with Gasteiger partial charge in [0.2, 0.25) is 0 Å². The third-order valence-electron chi connectivity index (χ3n) is 4.18. The third kappa shape index (κ3) is 3.21. The van der Waals surface area contributed by atoms with Gasteiger partial charge in [-0.1, -0.05) is 37.3 Å². The molecule has 3 nitrogen and oxygen atoms in total. The van der Waals surface area contributed by atoms with E-state index in [1.54, 1.807) is 0 Å². The Labute approximate surface area is 121 Å². The Balaban J connectivity index is 2.23. The van der Waals surface area contributed by atoms with E-state index in [9.17, 15) is 13.7 Å². The first-order chi connectivity index (χ1) is 9.58. The molecule has 4 heteroatoms. The van der Waals surface area contributed by atoms with E-state index >= 15 is 0 Å². The van der Waals surface area contributed by atoms with Crippen LogP contribution < -0.4 is 0 Å². The van der Waals surface area contributed by atoms with Gasteiger partial charge in [-0.15, -0.1) is 0 Å². The van der Waals surface area contributed by atoms with Gasteiger partial charge in [-0.2, -0.15) is 5.26 Å². The Morgan fingerprint density at radius 1 is 1.25 bits per heavy atom. The van der Waals surface area contributed by atoms with E-state index < -0.39 is 15.1 Å². The summed E-state index contributed by atoms with van der Waals surface area (Å²) in [5.41, 5.74) is 1.19. The molecule has 1 aromatic carbocycles. The topological polar surface area (TPSA) is 57.9 Å². The Morgan fingerprint density at radius 2 is 1.95 bits per heavy atom. The summed E-state index contributed by atoms with van der Waals surface area (Å²) in [6.07, 6.45) is 2.79. The van der Waals surface area contributed by atoms with Gasteiger partial charge in [0.15, 0.2) is 9.84 Å². The summed E-state index contributed by atoms with van der Waals surface area (Å²) < 4.78 is 24.8. The van der Waals surface area contributed by atoms with Crippen LogP contribution in [0.25, 0.3) is 0 Å². The van der Waals surface area contributed by atoms with Gasteiger partial charge in [-0.25, -0.2) is 8.42 Å². The largest absolute Gasteiger partial charge is 0.229 e. The van der Waals surface area contributed by atoms with Gasteiger partial charge in [0.05, 0.1) is 23.0 Å². The van der Waals surface area contributed by atoms with Crippen molar-refractivity contribution in [3.05, 3.63) is 35.9 Å². The number of rotatable bonds is 4. The number of nitrogens with zero attached hydrogens (tertiary/aromatic N) is 1. The lowest BCUT2D eigenvalue weighted by molar-refractivity contribution is 0.378. The van der Waals surface area contributed by atoms with E-state index in [1.807, 2.05) is 25.1 Å². The molecule has 0 amide bonds. The average molecular weight is 291 g/mol. The van der Waals surface area contributed by atoms with Crippen molar-refractivity contribution in [2.75, 3.05) is 5.75 Å². The molecule has 1 fully saturated rings. The first-order valence-electron chi connectivity index (χ1n) is 7.24. The highest BCUT2D eigenvalue weighted by atomic mass is 32.2. The zero-order valence-electron chi connectivity index (χ0n) is 11.8. The van der Waals surface area contributed by atoms with Crippen LogP contribution in [0.3, 0.4) is 0 Å². The molecule has 2 rings (SSSR count). The number of hydrogen-bond donors (Lipinski definition) is 0. The smallest absolute Gasteiger partial charge is 0.154 e. The number of sulfone groups is 1. The van der Waals surface area contributed by atoms with Crippen molar-refractivity contribution in [1.82, 2.24) is 0 Å². The maximum absolute atomic E-state index is 12.4. The van der Waals surface area contributed by atoms with Crippen molar-refractivity contribution >= 4 is 9.84 Å². The van der Waals surface area contributed by atoms with E-state index in [0.29, 0.717) is 19.3 Å². The lowest BCUT2D eigenvalue weighted by Gasteiger charge is -2.32. The van der Waals surface area contributed by atoms with Crippen molar-refractivity contribution in [1.29, 1.82) is 5.26 Å². The first-order valence-corrected chi connectivity index (χ1v) is 8.96. The van der Waals surface area contributed by atoms with Crippen molar-refractivity contribution < 1.29 is 8.42 Å². The van der Waals surface area contributed by atoms with Crippen LogP contribution in [0.2, 0.25) is 0 Å². The minimum atomic E-state index is -3.16. The molecule has 1 aromatic rings. The molecule has 3 atom stereocenters. The van der Waals surface area contributed by atoms with Crippen LogP contribution in [0, 0.1) is 17.2 Å². The van der Waals surface area contributed by atoms with Crippen LogP contribution in [0.4, 0.5) is 0 Å². The normalized spacial score (nSPS) is 26.9. The summed E-state index contributed by atoms with van der Waals surface area (Å²) in [6.45, 7) is 1.87. The van der Waals surface area contributed by atoms with Gasteiger partial charge in [0, 0.05) is 0 Å². The molecule has 20 heavy (non-hydrogen) atoms. The predicted molar refractivity (Wildman–Crippen MR) is 80.0 cm³/mol. The fraction of sp³-hybridized carbons (Fsp3) is 0.562. The van der Waals surface area contributed by atoms with E-state index in [2.05, 4.69) is 18.2 Å². The fourth-order valence-electron chi connectivity index (χ4n) is 3.14. The second-order valence-electron chi connectivity index (χ2n) is 5.56. The van der Waals surface area contributed by atoms with Gasteiger partial charge in [-0.05, 0) is 37.2 Å². The second kappa shape index (κ2) is 6.41. The maximum atomic E-state index is 12.4. The molecule has 0 saturated heterocycles. The second-order valence-corrected chi connectivity index (χ2v) is 7.90. The molecule has 1 aliphatic carbocycles. The summed E-state index contributed by atoms with van der Waals surface area (Å²) in [5, 5.41) is 8.74. The van der Waals surface area contributed by atoms with E-state index in [0.717, 1.165) is 6.42 Å². The van der Waals surface area contributed by atoms with Gasteiger partial charge >= 0.3 is 0 Å². The van der Waals surface area contributed by atoms with Crippen molar-refractivity contribution in [2.45, 2.75) is 43.8 Å². The highest BCUT2D eigenvalue weighted by molar-refractivity contribution is 7.92. The van der Waals surface area contributed by atoms with Crippen LogP contribution in [0.15, 0.2) is 30.3 Å². The highest BCUT2D eigenvalue weighted by Gasteiger charge is 2.38. The van der Waals surface area contributed by atoms with Crippen LogP contribution in [-0.2, 0) is 9.84 Å². The minimum Gasteiger partial charge on any atom is -0.229 e. The Morgan fingerprint density at radius 3 is 2.55 bits per heavy atom. The van der Waals surface area contributed by atoms with E-state index in [1.165, 1.54) is 5.56 Å². The molecule has 0 aromatic heterocycles. The molecular weight excluding hydrogens is 270 g/mol. The number of nitriles is 1. The maximum Gasteiger partial charge on any atom is 0.154 e. The number of hydrogen-bond acceptors (Lipinski definition) is 3. The third-order valence-corrected chi connectivity index (χ3v) is 6.60. The average Bonchev–Trinajstić information content (AvgIpc) is 2.47. The molecule has 1 saturated carbocycles. The fourth-order valence-corrected chi connectivity index (χ4v) is 5.23. The standard InChI is InChI=1S/C16H21NO2S/c1-2-10-20(18,19)16-11-14(8-9-15(16)12-17)13-6-4-3-5-7-13/h3-7,14-16H,2,8-11H2,1H3. The summed E-state index contributed by atoms with van der Waals surface area (Å²) in [7, 11) is -3.16. The molecule has 0 bridgehead atoms. The van der Waals surface area contributed by atoms with Gasteiger partial charge in [-0.3, -0.25) is 0 Å². The van der Waals surface area contributed by atoms with Crippen LogP contribution >= 0.6 is 0 Å². The predicted octanol–water partition coefficient (Wildman–Crippen LogP) is 3.29. The molecule has 1 aliphatic rings. The van der Waals surface area contributed by atoms with Crippen LogP contribution in [0.5, 0.6) is 0 Å². The zero-order chi connectivity index (χ0) is 14.6. The quantitative estimate of drug-likeness (QED) is 0.855. The Bertz CT molecular complexity index is 574. The molecule has 3 unspecified atom stereocenters. The van der Waals surface area contributed by atoms with Crippen LogP contribution in [0.1, 0.15) is 44.1 Å². The molecule has 0 spiro atoms. The first kappa shape index (κ1) is 15.1. The van der Waals surface area contributed by atoms with E-state index in [4.69, 9.17) is 0 Å². The summed E-state index contributed by atoms with van der Waals surface area (Å²) >= 11 is 0. The monoisotopic (exact) mass is 291 g/mol. The van der Waals surface area contributed by atoms with Crippen LogP contribution in [-0.4, -0.2) is 19.4 Å². The molecule has 108 valence electrons. The van der Waals surface area contributed by atoms with Crippen molar-refractivity contribution in [3.8, 4) is 6.07 Å². The molecular formula is C16H21NO2S. The summed E-state index contributed by atoms with van der Waals surface area (Å²) in [5.74, 6) is 0.112. The molecule has 0 heterocycles. The number of benzene rings is 1. The van der Waals surface area contributed by atoms with Crippen molar-refractivity contribution in [2.24, 2.45) is 5.92 Å². The van der Waals surface area contributed by atoms with Gasteiger partial charge in [0.1, 0.15) is 0 Å². The van der Waals surface area contributed by atoms with E-state index in [-0.39, 0.29) is 17.6 Å². The minimum absolute atomic E-state index is 0.192. The lowest BCUT2D eigenvalue weighted by atomic mass is 9.79. The lowest BCUT2D eigenvalue weighted by Crippen LogP contribution is -2.36. The molecule has 0 aliphatic heterocycles. The highest BCUT2D eigenvalue weighted by Crippen LogP contribution is 2.39. The zero-order valence-corrected chi connectivity index (χ0v) is 12.6. The Kier molecular flexibility index (Phi) is 4.82. The molecule has 0 N–H and O–H groups in total. The van der Waals surface area contributed by atoms with Gasteiger partial charge in [0.25, 0.3) is 0 Å². The van der Waals surface area contributed by atoms with Gasteiger partial charge < -0.3 is 0 Å².